The predicted molar refractivity (Wildman–Crippen MR) is 61.9 cm³/mol. The standard InChI is InChI=1S/C12H15N3O2/c16-11(7-12(17)15-10-1-2-10)14-8-9-3-5-13-6-4-9/h3-6,10H,1-2,7-8H2,(H,14,16)(H,15,17). The van der Waals surface area contributed by atoms with Gasteiger partial charge < -0.3 is 10.6 Å². The third kappa shape index (κ3) is 4.22. The van der Waals surface area contributed by atoms with E-state index in [4.69, 9.17) is 0 Å². The van der Waals surface area contributed by atoms with Gasteiger partial charge in [0, 0.05) is 25.0 Å². The Bertz CT molecular complexity index is 401. The van der Waals surface area contributed by atoms with Gasteiger partial charge in [0.1, 0.15) is 6.42 Å². The van der Waals surface area contributed by atoms with Crippen LogP contribution in [0.15, 0.2) is 24.5 Å². The zero-order valence-electron chi connectivity index (χ0n) is 9.48. The van der Waals surface area contributed by atoms with Crippen LogP contribution in [0.2, 0.25) is 0 Å². The molecule has 0 unspecified atom stereocenters. The summed E-state index contributed by atoms with van der Waals surface area (Å²) < 4.78 is 0. The second-order valence-corrected chi connectivity index (χ2v) is 4.15. The van der Waals surface area contributed by atoms with Crippen molar-refractivity contribution in [3.63, 3.8) is 0 Å². The van der Waals surface area contributed by atoms with Gasteiger partial charge in [-0.05, 0) is 30.5 Å². The van der Waals surface area contributed by atoms with Gasteiger partial charge in [-0.25, -0.2) is 0 Å². The number of aromatic nitrogens is 1. The summed E-state index contributed by atoms with van der Waals surface area (Å²) >= 11 is 0. The van der Waals surface area contributed by atoms with Crippen LogP contribution >= 0.6 is 0 Å². The fourth-order valence-electron chi connectivity index (χ4n) is 1.42. The number of hydrogen-bond donors (Lipinski definition) is 2. The molecule has 1 fully saturated rings. The maximum absolute atomic E-state index is 11.4. The highest BCUT2D eigenvalue weighted by Gasteiger charge is 2.23. The van der Waals surface area contributed by atoms with Crippen LogP contribution in [0, 0.1) is 0 Å². The summed E-state index contributed by atoms with van der Waals surface area (Å²) in [4.78, 5) is 26.7. The van der Waals surface area contributed by atoms with E-state index >= 15 is 0 Å². The second kappa shape index (κ2) is 5.43. The lowest BCUT2D eigenvalue weighted by molar-refractivity contribution is -0.129. The fraction of sp³-hybridized carbons (Fsp3) is 0.417. The number of carbonyl (C=O) groups is 2. The molecule has 2 amide bonds. The molecule has 0 spiro atoms. The summed E-state index contributed by atoms with van der Waals surface area (Å²) in [6.07, 6.45) is 5.30. The molecule has 0 bridgehead atoms. The van der Waals surface area contributed by atoms with Crippen molar-refractivity contribution in [3.05, 3.63) is 30.1 Å². The number of nitrogens with one attached hydrogen (secondary N) is 2. The van der Waals surface area contributed by atoms with Gasteiger partial charge in [0.05, 0.1) is 0 Å². The average Bonchev–Trinajstić information content (AvgIpc) is 3.11. The molecule has 1 aromatic heterocycles. The molecular weight excluding hydrogens is 218 g/mol. The number of amides is 2. The average molecular weight is 233 g/mol. The van der Waals surface area contributed by atoms with Crippen LogP contribution in [0.25, 0.3) is 0 Å². The van der Waals surface area contributed by atoms with Crippen LogP contribution in [0.3, 0.4) is 0 Å². The molecule has 90 valence electrons. The molecule has 1 aliphatic rings. The minimum atomic E-state index is -0.250. The Kier molecular flexibility index (Phi) is 3.69. The smallest absolute Gasteiger partial charge is 0.229 e. The van der Waals surface area contributed by atoms with Gasteiger partial charge in [-0.1, -0.05) is 0 Å². The van der Waals surface area contributed by atoms with Gasteiger partial charge in [-0.15, -0.1) is 0 Å². The van der Waals surface area contributed by atoms with E-state index in [1.54, 1.807) is 12.4 Å². The molecule has 5 heteroatoms. The Morgan fingerprint density at radius 2 is 1.94 bits per heavy atom. The van der Waals surface area contributed by atoms with E-state index in [-0.39, 0.29) is 18.2 Å². The Morgan fingerprint density at radius 3 is 2.59 bits per heavy atom. The number of carbonyl (C=O) groups excluding carboxylic acids is 2. The molecule has 1 aliphatic carbocycles. The molecule has 0 aliphatic heterocycles. The van der Waals surface area contributed by atoms with Crippen molar-refractivity contribution in [2.24, 2.45) is 0 Å². The molecule has 1 heterocycles. The van der Waals surface area contributed by atoms with Crippen molar-refractivity contribution in [3.8, 4) is 0 Å². The summed E-state index contributed by atoms with van der Waals surface area (Å²) in [5.41, 5.74) is 0.968. The fourth-order valence-corrected chi connectivity index (χ4v) is 1.42. The number of rotatable bonds is 5. The summed E-state index contributed by atoms with van der Waals surface area (Å²) in [7, 11) is 0. The monoisotopic (exact) mass is 233 g/mol. The van der Waals surface area contributed by atoms with Crippen molar-refractivity contribution in [2.75, 3.05) is 0 Å². The zero-order valence-corrected chi connectivity index (χ0v) is 9.48. The van der Waals surface area contributed by atoms with E-state index in [9.17, 15) is 9.59 Å². The molecule has 1 aromatic rings. The lowest BCUT2D eigenvalue weighted by Gasteiger charge is -2.05. The molecule has 2 N–H and O–H groups in total. The Labute approximate surface area is 99.6 Å². The summed E-state index contributed by atoms with van der Waals surface area (Å²) in [6.45, 7) is 0.429. The van der Waals surface area contributed by atoms with Crippen LogP contribution in [0.5, 0.6) is 0 Å². The van der Waals surface area contributed by atoms with Gasteiger partial charge >= 0.3 is 0 Å². The Hall–Kier alpha value is -1.91. The largest absolute Gasteiger partial charge is 0.353 e. The van der Waals surface area contributed by atoms with E-state index < -0.39 is 0 Å². The van der Waals surface area contributed by atoms with E-state index in [2.05, 4.69) is 15.6 Å². The van der Waals surface area contributed by atoms with Crippen LogP contribution in [-0.4, -0.2) is 22.8 Å². The first-order valence-corrected chi connectivity index (χ1v) is 5.69. The van der Waals surface area contributed by atoms with E-state index in [0.717, 1.165) is 18.4 Å². The normalized spacial score (nSPS) is 14.1. The van der Waals surface area contributed by atoms with Gasteiger partial charge in [0.25, 0.3) is 0 Å². The lowest BCUT2D eigenvalue weighted by atomic mass is 10.2. The number of pyridine rings is 1. The van der Waals surface area contributed by atoms with Crippen molar-refractivity contribution < 1.29 is 9.59 Å². The first-order chi connectivity index (χ1) is 8.24. The van der Waals surface area contributed by atoms with E-state index in [1.807, 2.05) is 12.1 Å². The summed E-state index contributed by atoms with van der Waals surface area (Å²) in [5.74, 6) is -0.445. The minimum absolute atomic E-state index is 0.0957. The lowest BCUT2D eigenvalue weighted by Crippen LogP contribution is -2.32. The first kappa shape index (κ1) is 11.6. The zero-order chi connectivity index (χ0) is 12.1. The third-order valence-electron chi connectivity index (χ3n) is 2.50. The highest BCUT2D eigenvalue weighted by atomic mass is 16.2. The van der Waals surface area contributed by atoms with Crippen molar-refractivity contribution in [2.45, 2.75) is 31.8 Å². The molecule has 1 saturated carbocycles. The van der Waals surface area contributed by atoms with Gasteiger partial charge in [-0.3, -0.25) is 14.6 Å². The van der Waals surface area contributed by atoms with Crippen molar-refractivity contribution in [1.29, 1.82) is 0 Å². The van der Waals surface area contributed by atoms with E-state index in [0.29, 0.717) is 12.6 Å². The Morgan fingerprint density at radius 1 is 1.24 bits per heavy atom. The van der Waals surface area contributed by atoms with Crippen LogP contribution < -0.4 is 10.6 Å². The van der Waals surface area contributed by atoms with Gasteiger partial charge in [-0.2, -0.15) is 0 Å². The first-order valence-electron chi connectivity index (χ1n) is 5.69. The third-order valence-corrected chi connectivity index (χ3v) is 2.50. The predicted octanol–water partition coefficient (Wildman–Crippen LogP) is 0.366. The van der Waals surface area contributed by atoms with Crippen LogP contribution in [-0.2, 0) is 16.1 Å². The molecule has 0 atom stereocenters. The summed E-state index contributed by atoms with van der Waals surface area (Å²) in [6, 6.07) is 3.95. The molecule has 0 radical (unpaired) electrons. The highest BCUT2D eigenvalue weighted by Crippen LogP contribution is 2.18. The molecule has 0 saturated heterocycles. The molecule has 5 nitrogen and oxygen atoms in total. The van der Waals surface area contributed by atoms with Crippen LogP contribution in [0.1, 0.15) is 24.8 Å². The molecule has 0 aromatic carbocycles. The molecule has 17 heavy (non-hydrogen) atoms. The Balaban J connectivity index is 1.68. The quantitative estimate of drug-likeness (QED) is 0.722. The molecular formula is C12H15N3O2. The maximum atomic E-state index is 11.4. The van der Waals surface area contributed by atoms with Crippen molar-refractivity contribution >= 4 is 11.8 Å². The highest BCUT2D eigenvalue weighted by molar-refractivity contribution is 5.97. The van der Waals surface area contributed by atoms with Crippen molar-refractivity contribution in [1.82, 2.24) is 15.6 Å². The summed E-state index contributed by atoms with van der Waals surface area (Å²) in [5, 5.41) is 5.47. The van der Waals surface area contributed by atoms with E-state index in [1.165, 1.54) is 0 Å². The minimum Gasteiger partial charge on any atom is -0.353 e. The number of nitrogens with zero attached hydrogens (tertiary/aromatic N) is 1. The second-order valence-electron chi connectivity index (χ2n) is 4.15. The van der Waals surface area contributed by atoms with Gasteiger partial charge in [0.2, 0.25) is 11.8 Å². The topological polar surface area (TPSA) is 71.1 Å². The maximum Gasteiger partial charge on any atom is 0.229 e. The SMILES string of the molecule is O=C(CC(=O)NC1CC1)NCc1ccncc1. The molecule has 2 rings (SSSR count). The number of hydrogen-bond acceptors (Lipinski definition) is 3. The van der Waals surface area contributed by atoms with Gasteiger partial charge in [0.15, 0.2) is 0 Å². The van der Waals surface area contributed by atoms with Crippen LogP contribution in [0.4, 0.5) is 0 Å².